The van der Waals surface area contributed by atoms with Crippen LogP contribution < -0.4 is 14.9 Å². The predicted octanol–water partition coefficient (Wildman–Crippen LogP) is 5.26. The second-order valence-corrected chi connectivity index (χ2v) is 11.3. The van der Waals surface area contributed by atoms with Gasteiger partial charge in [0.15, 0.2) is 0 Å². The van der Waals surface area contributed by atoms with Gasteiger partial charge in [0.25, 0.3) is 15.9 Å². The van der Waals surface area contributed by atoms with Crippen molar-refractivity contribution in [3.05, 3.63) is 66.2 Å². The Hall–Kier alpha value is -3.06. The van der Waals surface area contributed by atoms with Crippen molar-refractivity contribution in [2.45, 2.75) is 38.5 Å². The molecule has 1 fully saturated rings. The highest BCUT2D eigenvalue weighted by Crippen LogP contribution is 2.30. The second kappa shape index (κ2) is 10.1. The monoisotopic (exact) mass is 479 g/mol. The summed E-state index contributed by atoms with van der Waals surface area (Å²) in [5.74, 6) is 0.800. The number of hydrogen-bond donors (Lipinski definition) is 2. The molecule has 0 saturated carbocycles. The molecule has 0 bridgehead atoms. The maximum atomic E-state index is 13.1. The molecular formula is C27H33N3O3S. The van der Waals surface area contributed by atoms with Gasteiger partial charge in [0, 0.05) is 31.0 Å². The van der Waals surface area contributed by atoms with Crippen molar-refractivity contribution in [3.8, 4) is 0 Å². The zero-order valence-electron chi connectivity index (χ0n) is 20.0. The van der Waals surface area contributed by atoms with Gasteiger partial charge in [-0.1, -0.05) is 51.1 Å². The number of sulfonamides is 1. The van der Waals surface area contributed by atoms with Crippen molar-refractivity contribution in [3.63, 3.8) is 0 Å². The summed E-state index contributed by atoms with van der Waals surface area (Å²) in [6.45, 7) is 8.66. The Morgan fingerprint density at radius 2 is 1.71 bits per heavy atom. The topological polar surface area (TPSA) is 78.5 Å². The van der Waals surface area contributed by atoms with Gasteiger partial charge in [-0.25, -0.2) is 8.42 Å². The number of hydrogen-bond acceptors (Lipinski definition) is 4. The van der Waals surface area contributed by atoms with E-state index in [9.17, 15) is 13.2 Å². The SMILES string of the molecule is CC(C)CNC(=O)c1cc(NS(=O)(=O)c2ccc3ccccc3c2)ccc1N1CCC(C)CC1. The summed E-state index contributed by atoms with van der Waals surface area (Å²) in [5, 5.41) is 4.82. The lowest BCUT2D eigenvalue weighted by atomic mass is 9.98. The van der Waals surface area contributed by atoms with Gasteiger partial charge in [-0.15, -0.1) is 0 Å². The first-order valence-corrected chi connectivity index (χ1v) is 13.4. The van der Waals surface area contributed by atoms with Crippen LogP contribution in [0.1, 0.15) is 44.0 Å². The highest BCUT2D eigenvalue weighted by molar-refractivity contribution is 7.92. The third kappa shape index (κ3) is 5.53. The molecule has 0 atom stereocenters. The smallest absolute Gasteiger partial charge is 0.261 e. The minimum atomic E-state index is -3.81. The van der Waals surface area contributed by atoms with Crippen LogP contribution in [0.25, 0.3) is 10.8 Å². The third-order valence-corrected chi connectivity index (χ3v) is 7.70. The summed E-state index contributed by atoms with van der Waals surface area (Å²) in [6.07, 6.45) is 2.15. The second-order valence-electron chi connectivity index (χ2n) is 9.62. The number of anilines is 2. The van der Waals surface area contributed by atoms with Crippen molar-refractivity contribution >= 4 is 38.1 Å². The highest BCUT2D eigenvalue weighted by atomic mass is 32.2. The van der Waals surface area contributed by atoms with E-state index in [1.54, 1.807) is 30.3 Å². The first-order valence-electron chi connectivity index (χ1n) is 11.9. The number of nitrogens with one attached hydrogen (secondary N) is 2. The third-order valence-electron chi connectivity index (χ3n) is 6.32. The standard InChI is InChI=1S/C27H33N3O3S/c1-19(2)18-28-27(31)25-17-23(9-11-26(25)30-14-12-20(3)13-15-30)29-34(32,33)24-10-8-21-6-4-5-7-22(21)16-24/h4-11,16-17,19-20,29H,12-15,18H2,1-3H3,(H,28,31). The summed E-state index contributed by atoms with van der Waals surface area (Å²) < 4.78 is 29.0. The van der Waals surface area contributed by atoms with Crippen molar-refractivity contribution in [2.24, 2.45) is 11.8 Å². The van der Waals surface area contributed by atoms with Gasteiger partial charge in [-0.3, -0.25) is 9.52 Å². The minimum Gasteiger partial charge on any atom is -0.371 e. The fourth-order valence-corrected chi connectivity index (χ4v) is 5.33. The summed E-state index contributed by atoms with van der Waals surface area (Å²) in [7, 11) is -3.81. The van der Waals surface area contributed by atoms with Gasteiger partial charge in [0.05, 0.1) is 10.5 Å². The molecule has 7 heteroatoms. The summed E-state index contributed by atoms with van der Waals surface area (Å²) in [5.41, 5.74) is 1.72. The van der Waals surface area contributed by atoms with E-state index in [2.05, 4.69) is 21.9 Å². The van der Waals surface area contributed by atoms with Crippen LogP contribution in [-0.2, 0) is 10.0 Å². The molecule has 6 nitrogen and oxygen atoms in total. The number of carbonyl (C=O) groups excluding carboxylic acids is 1. The fraction of sp³-hybridized carbons (Fsp3) is 0.370. The van der Waals surface area contributed by atoms with Crippen LogP contribution in [0.3, 0.4) is 0 Å². The van der Waals surface area contributed by atoms with Crippen LogP contribution in [0.2, 0.25) is 0 Å². The number of fused-ring (bicyclic) bond motifs is 1. The Morgan fingerprint density at radius 3 is 2.41 bits per heavy atom. The van der Waals surface area contributed by atoms with E-state index in [0.29, 0.717) is 29.6 Å². The average molecular weight is 480 g/mol. The molecule has 2 N–H and O–H groups in total. The molecule has 1 amide bonds. The van der Waals surface area contributed by atoms with Crippen molar-refractivity contribution in [2.75, 3.05) is 29.3 Å². The number of nitrogens with zero attached hydrogens (tertiary/aromatic N) is 1. The van der Waals surface area contributed by atoms with Crippen LogP contribution in [0.4, 0.5) is 11.4 Å². The first-order chi connectivity index (χ1) is 16.2. The number of rotatable bonds is 7. The van der Waals surface area contributed by atoms with Crippen molar-refractivity contribution < 1.29 is 13.2 Å². The number of piperidine rings is 1. The number of carbonyl (C=O) groups is 1. The maximum absolute atomic E-state index is 13.1. The van der Waals surface area contributed by atoms with Gasteiger partial charge >= 0.3 is 0 Å². The minimum absolute atomic E-state index is 0.186. The van der Waals surface area contributed by atoms with Crippen LogP contribution in [0, 0.1) is 11.8 Å². The lowest BCUT2D eigenvalue weighted by Gasteiger charge is -2.33. The van der Waals surface area contributed by atoms with Crippen LogP contribution in [0.5, 0.6) is 0 Å². The van der Waals surface area contributed by atoms with Crippen LogP contribution in [-0.4, -0.2) is 34.0 Å². The largest absolute Gasteiger partial charge is 0.371 e. The molecular weight excluding hydrogens is 446 g/mol. The Labute approximate surface area is 202 Å². The summed E-state index contributed by atoms with van der Waals surface area (Å²) >= 11 is 0. The van der Waals surface area contributed by atoms with E-state index in [-0.39, 0.29) is 10.8 Å². The van der Waals surface area contributed by atoms with Crippen LogP contribution >= 0.6 is 0 Å². The van der Waals surface area contributed by atoms with Crippen LogP contribution in [0.15, 0.2) is 65.6 Å². The molecule has 180 valence electrons. The molecule has 1 heterocycles. The lowest BCUT2D eigenvalue weighted by molar-refractivity contribution is 0.0949. The Morgan fingerprint density at radius 1 is 1.00 bits per heavy atom. The van der Waals surface area contributed by atoms with E-state index < -0.39 is 10.0 Å². The van der Waals surface area contributed by atoms with Gasteiger partial charge in [-0.2, -0.15) is 0 Å². The summed E-state index contributed by atoms with van der Waals surface area (Å²) in [6, 6.07) is 18.0. The zero-order valence-corrected chi connectivity index (χ0v) is 20.9. The normalized spacial score (nSPS) is 15.0. The molecule has 3 aromatic carbocycles. The van der Waals surface area contributed by atoms with Gasteiger partial charge in [-0.05, 0) is 65.8 Å². The molecule has 4 rings (SSSR count). The number of benzene rings is 3. The quantitative estimate of drug-likeness (QED) is 0.484. The van der Waals surface area contributed by atoms with Gasteiger partial charge < -0.3 is 10.2 Å². The molecule has 0 unspecified atom stereocenters. The zero-order chi connectivity index (χ0) is 24.3. The predicted molar refractivity (Wildman–Crippen MR) is 139 cm³/mol. The van der Waals surface area contributed by atoms with Gasteiger partial charge in [0.2, 0.25) is 0 Å². The molecule has 0 spiro atoms. The lowest BCUT2D eigenvalue weighted by Crippen LogP contribution is -2.35. The van der Waals surface area contributed by atoms with Gasteiger partial charge in [0.1, 0.15) is 0 Å². The average Bonchev–Trinajstić information content (AvgIpc) is 2.82. The Bertz CT molecular complexity index is 1280. The molecule has 1 saturated heterocycles. The molecule has 0 aliphatic carbocycles. The van der Waals surface area contributed by atoms with Crippen molar-refractivity contribution in [1.82, 2.24) is 5.32 Å². The maximum Gasteiger partial charge on any atom is 0.261 e. The van der Waals surface area contributed by atoms with E-state index in [4.69, 9.17) is 0 Å². The van der Waals surface area contributed by atoms with E-state index in [0.717, 1.165) is 42.4 Å². The molecule has 1 aliphatic heterocycles. The van der Waals surface area contributed by atoms with E-state index in [1.807, 2.05) is 44.2 Å². The molecule has 1 aliphatic rings. The highest BCUT2D eigenvalue weighted by Gasteiger charge is 2.23. The Balaban J connectivity index is 1.64. The van der Waals surface area contributed by atoms with E-state index in [1.165, 1.54) is 0 Å². The molecule has 0 radical (unpaired) electrons. The number of amides is 1. The molecule has 3 aromatic rings. The molecule has 0 aromatic heterocycles. The fourth-order valence-electron chi connectivity index (χ4n) is 4.25. The van der Waals surface area contributed by atoms with Crippen molar-refractivity contribution in [1.29, 1.82) is 0 Å². The Kier molecular flexibility index (Phi) is 7.12. The first kappa shape index (κ1) is 24.1. The van der Waals surface area contributed by atoms with E-state index >= 15 is 0 Å². The summed E-state index contributed by atoms with van der Waals surface area (Å²) in [4.78, 5) is 15.5. The molecule has 34 heavy (non-hydrogen) atoms.